The molecule has 4 rings (SSSR count). The summed E-state index contributed by atoms with van der Waals surface area (Å²) in [5.74, 6) is -1.15. The van der Waals surface area contributed by atoms with E-state index >= 15 is 0 Å². The molecule has 2 aromatic rings. The second kappa shape index (κ2) is 10.9. The molecule has 5 nitrogen and oxygen atoms in total. The summed E-state index contributed by atoms with van der Waals surface area (Å²) in [5, 5.41) is 11.6. The Morgan fingerprint density at radius 2 is 1.84 bits per heavy atom. The number of anilines is 1. The summed E-state index contributed by atoms with van der Waals surface area (Å²) in [6.45, 7) is 5.55. The molecular formula is C31H35FN2O3. The van der Waals surface area contributed by atoms with Gasteiger partial charge in [0.05, 0.1) is 23.1 Å². The molecule has 0 radical (unpaired) electrons. The van der Waals surface area contributed by atoms with E-state index in [1.807, 2.05) is 51.1 Å². The number of hydrogen-bond acceptors (Lipinski definition) is 4. The molecule has 1 amide bonds. The second-order valence-corrected chi connectivity index (χ2v) is 11.4. The SMILES string of the molecule is CC(C)(C)OC(=O)C1(Cc2ccc(F)c(NC(=O)[C@H](c3ccc(C=CC#N)cc3)C3CCCC3)c2)CC1. The maximum Gasteiger partial charge on any atom is 0.312 e. The molecule has 37 heavy (non-hydrogen) atoms. The van der Waals surface area contributed by atoms with Crippen molar-refractivity contribution in [3.8, 4) is 6.07 Å². The number of amides is 1. The van der Waals surface area contributed by atoms with Crippen LogP contribution in [-0.2, 0) is 20.7 Å². The van der Waals surface area contributed by atoms with Crippen LogP contribution < -0.4 is 5.32 Å². The number of carbonyl (C=O) groups excluding carboxylic acids is 2. The first-order valence-electron chi connectivity index (χ1n) is 13.1. The van der Waals surface area contributed by atoms with Crippen molar-refractivity contribution in [2.24, 2.45) is 11.3 Å². The molecule has 2 aliphatic carbocycles. The largest absolute Gasteiger partial charge is 0.460 e. The molecule has 0 aliphatic heterocycles. The van der Waals surface area contributed by atoms with E-state index in [9.17, 15) is 14.0 Å². The third-order valence-corrected chi connectivity index (χ3v) is 7.32. The molecule has 2 aromatic carbocycles. The highest BCUT2D eigenvalue weighted by molar-refractivity contribution is 5.96. The second-order valence-electron chi connectivity index (χ2n) is 11.4. The van der Waals surface area contributed by atoms with Crippen molar-refractivity contribution in [1.29, 1.82) is 5.26 Å². The third-order valence-electron chi connectivity index (χ3n) is 7.32. The van der Waals surface area contributed by atoms with Gasteiger partial charge < -0.3 is 10.1 Å². The van der Waals surface area contributed by atoms with Crippen LogP contribution in [0.4, 0.5) is 10.1 Å². The van der Waals surface area contributed by atoms with E-state index < -0.39 is 22.8 Å². The Bertz CT molecular complexity index is 1210. The average molecular weight is 503 g/mol. The minimum absolute atomic E-state index is 0.138. The van der Waals surface area contributed by atoms with Crippen LogP contribution in [0, 0.1) is 28.5 Å². The number of halogens is 1. The highest BCUT2D eigenvalue weighted by atomic mass is 19.1. The fourth-order valence-corrected chi connectivity index (χ4v) is 5.25. The van der Waals surface area contributed by atoms with E-state index in [2.05, 4.69) is 5.32 Å². The van der Waals surface area contributed by atoms with Crippen LogP contribution in [0.25, 0.3) is 6.08 Å². The minimum atomic E-state index is -0.569. The van der Waals surface area contributed by atoms with Crippen LogP contribution in [0.2, 0.25) is 0 Å². The molecule has 0 heterocycles. The number of carbonyl (C=O) groups is 2. The molecule has 0 unspecified atom stereocenters. The van der Waals surface area contributed by atoms with Crippen molar-refractivity contribution in [2.75, 3.05) is 5.32 Å². The summed E-state index contributed by atoms with van der Waals surface area (Å²) >= 11 is 0. The lowest BCUT2D eigenvalue weighted by Crippen LogP contribution is -2.31. The van der Waals surface area contributed by atoms with Crippen molar-refractivity contribution >= 4 is 23.6 Å². The van der Waals surface area contributed by atoms with Gasteiger partial charge in [-0.2, -0.15) is 5.26 Å². The fraction of sp³-hybridized carbons (Fsp3) is 0.452. The van der Waals surface area contributed by atoms with Crippen molar-refractivity contribution in [3.63, 3.8) is 0 Å². The van der Waals surface area contributed by atoms with Crippen LogP contribution >= 0.6 is 0 Å². The Kier molecular flexibility index (Phi) is 7.82. The lowest BCUT2D eigenvalue weighted by Gasteiger charge is -2.25. The summed E-state index contributed by atoms with van der Waals surface area (Å²) in [4.78, 5) is 26.3. The van der Waals surface area contributed by atoms with Crippen molar-refractivity contribution in [2.45, 2.75) is 77.2 Å². The van der Waals surface area contributed by atoms with Gasteiger partial charge >= 0.3 is 5.97 Å². The van der Waals surface area contributed by atoms with Gasteiger partial charge in [0.1, 0.15) is 11.4 Å². The number of esters is 1. The zero-order chi connectivity index (χ0) is 26.6. The molecule has 0 spiro atoms. The standard InChI is InChI=1S/C31H35FN2O3/c1-30(2,3)37-29(36)31(16-17-31)20-22-12-15-25(32)26(19-22)34-28(35)27(23-8-4-5-9-23)24-13-10-21(11-14-24)7-6-18-33/h6-7,10-15,19,23,27H,4-5,8-9,16-17,20H2,1-3H3,(H,34,35)/t27-/m0/s1. The first kappa shape index (κ1) is 26.6. The minimum Gasteiger partial charge on any atom is -0.460 e. The maximum absolute atomic E-state index is 14.8. The van der Waals surface area contributed by atoms with Gasteiger partial charge in [-0.25, -0.2) is 4.39 Å². The Labute approximate surface area is 218 Å². The van der Waals surface area contributed by atoms with Gasteiger partial charge in [0.15, 0.2) is 0 Å². The molecular weight excluding hydrogens is 467 g/mol. The normalized spacial score (nSPS) is 17.8. The first-order valence-corrected chi connectivity index (χ1v) is 13.1. The Hall–Kier alpha value is -3.46. The number of allylic oxidation sites excluding steroid dienone is 1. The van der Waals surface area contributed by atoms with Gasteiger partial charge in [-0.15, -0.1) is 0 Å². The zero-order valence-corrected chi connectivity index (χ0v) is 21.9. The summed E-state index contributed by atoms with van der Waals surface area (Å²) in [6, 6.07) is 14.3. The molecule has 2 fully saturated rings. The highest BCUT2D eigenvalue weighted by Gasteiger charge is 2.52. The Morgan fingerprint density at radius 3 is 2.43 bits per heavy atom. The number of ether oxygens (including phenoxy) is 1. The summed E-state index contributed by atoms with van der Waals surface area (Å²) in [5.41, 5.74) is 1.57. The molecule has 0 aromatic heterocycles. The van der Waals surface area contributed by atoms with E-state index in [-0.39, 0.29) is 23.5 Å². The van der Waals surface area contributed by atoms with E-state index in [4.69, 9.17) is 10.00 Å². The van der Waals surface area contributed by atoms with E-state index in [0.29, 0.717) is 6.42 Å². The molecule has 0 saturated heterocycles. The van der Waals surface area contributed by atoms with E-state index in [0.717, 1.165) is 55.2 Å². The van der Waals surface area contributed by atoms with Gasteiger partial charge in [-0.05, 0) is 93.7 Å². The number of nitrogens with one attached hydrogen (secondary N) is 1. The van der Waals surface area contributed by atoms with E-state index in [1.165, 1.54) is 12.1 Å². The number of nitriles is 1. The topological polar surface area (TPSA) is 79.2 Å². The smallest absolute Gasteiger partial charge is 0.312 e. The maximum atomic E-state index is 14.8. The number of nitrogens with zero attached hydrogens (tertiary/aromatic N) is 1. The van der Waals surface area contributed by atoms with Crippen LogP contribution in [0.3, 0.4) is 0 Å². The van der Waals surface area contributed by atoms with Crippen LogP contribution in [0.1, 0.15) is 81.9 Å². The van der Waals surface area contributed by atoms with Gasteiger partial charge in [-0.3, -0.25) is 9.59 Å². The summed E-state index contributed by atoms with van der Waals surface area (Å²) < 4.78 is 20.5. The summed E-state index contributed by atoms with van der Waals surface area (Å²) in [7, 11) is 0. The van der Waals surface area contributed by atoms with Crippen molar-refractivity contribution in [1.82, 2.24) is 0 Å². The monoisotopic (exact) mass is 502 g/mol. The fourth-order valence-electron chi connectivity index (χ4n) is 5.25. The number of rotatable bonds is 8. The Balaban J connectivity index is 1.53. The zero-order valence-electron chi connectivity index (χ0n) is 21.9. The lowest BCUT2D eigenvalue weighted by molar-refractivity contribution is -0.161. The van der Waals surface area contributed by atoms with Crippen LogP contribution in [0.15, 0.2) is 48.5 Å². The number of hydrogen-bond donors (Lipinski definition) is 1. The lowest BCUT2D eigenvalue weighted by atomic mass is 9.83. The average Bonchev–Trinajstić information content (AvgIpc) is 3.43. The van der Waals surface area contributed by atoms with Crippen LogP contribution in [-0.4, -0.2) is 17.5 Å². The molecule has 2 aliphatic rings. The van der Waals surface area contributed by atoms with Gasteiger partial charge in [0.25, 0.3) is 0 Å². The highest BCUT2D eigenvalue weighted by Crippen LogP contribution is 2.50. The van der Waals surface area contributed by atoms with Gasteiger partial charge in [0, 0.05) is 6.08 Å². The van der Waals surface area contributed by atoms with Gasteiger partial charge in [0.2, 0.25) is 5.91 Å². The molecule has 1 N–H and O–H groups in total. The summed E-state index contributed by atoms with van der Waals surface area (Å²) in [6.07, 6.45) is 9.13. The van der Waals surface area contributed by atoms with Crippen molar-refractivity contribution in [3.05, 3.63) is 71.0 Å². The third kappa shape index (κ3) is 6.65. The molecule has 194 valence electrons. The van der Waals surface area contributed by atoms with Crippen LogP contribution in [0.5, 0.6) is 0 Å². The molecule has 1 atom stereocenters. The van der Waals surface area contributed by atoms with Gasteiger partial charge in [-0.1, -0.05) is 43.2 Å². The molecule has 2 saturated carbocycles. The van der Waals surface area contributed by atoms with E-state index in [1.54, 1.807) is 18.2 Å². The van der Waals surface area contributed by atoms with Crippen molar-refractivity contribution < 1.29 is 18.7 Å². The molecule has 0 bridgehead atoms. The first-order chi connectivity index (χ1) is 17.6. The molecule has 6 heteroatoms. The predicted molar refractivity (Wildman–Crippen MR) is 142 cm³/mol. The number of benzene rings is 2. The Morgan fingerprint density at radius 1 is 1.16 bits per heavy atom. The predicted octanol–water partition coefficient (Wildman–Crippen LogP) is 6.94. The quantitative estimate of drug-likeness (QED) is 0.313.